The summed E-state index contributed by atoms with van der Waals surface area (Å²) in [6, 6.07) is 10.4. The van der Waals surface area contributed by atoms with Crippen LogP contribution in [0.3, 0.4) is 0 Å². The van der Waals surface area contributed by atoms with Crippen molar-refractivity contribution in [2.45, 2.75) is 6.04 Å². The number of phenols is 1. The average molecular weight is 261 g/mol. The molecule has 0 bridgehead atoms. The second-order valence-electron chi connectivity index (χ2n) is 4.02. The van der Waals surface area contributed by atoms with E-state index in [-0.39, 0.29) is 5.75 Å². The first-order valence-electron chi connectivity index (χ1n) is 5.60. The van der Waals surface area contributed by atoms with E-state index < -0.39 is 17.8 Å². The van der Waals surface area contributed by atoms with Crippen LogP contribution in [0.2, 0.25) is 0 Å². The lowest BCUT2D eigenvalue weighted by Crippen LogP contribution is -2.20. The lowest BCUT2D eigenvalue weighted by atomic mass is 10.1. The van der Waals surface area contributed by atoms with Gasteiger partial charge in [-0.2, -0.15) is 0 Å². The Morgan fingerprint density at radius 3 is 2.53 bits per heavy atom. The van der Waals surface area contributed by atoms with E-state index in [1.54, 1.807) is 18.2 Å². The van der Waals surface area contributed by atoms with Gasteiger partial charge in [0.05, 0.1) is 0 Å². The first kappa shape index (κ1) is 12.9. The van der Waals surface area contributed by atoms with E-state index in [1.165, 1.54) is 30.3 Å². The van der Waals surface area contributed by atoms with E-state index in [0.29, 0.717) is 11.3 Å². The maximum Gasteiger partial charge on any atom is 0.330 e. The van der Waals surface area contributed by atoms with Gasteiger partial charge in [0.2, 0.25) is 0 Å². The van der Waals surface area contributed by atoms with Crippen LogP contribution in [-0.4, -0.2) is 16.2 Å². The molecule has 2 aromatic carbocycles. The smallest absolute Gasteiger partial charge is 0.330 e. The highest BCUT2D eigenvalue weighted by atomic mass is 19.1. The Kier molecular flexibility index (Phi) is 3.66. The van der Waals surface area contributed by atoms with Gasteiger partial charge in [0.25, 0.3) is 0 Å². The van der Waals surface area contributed by atoms with Gasteiger partial charge in [0.15, 0.2) is 6.04 Å². The molecule has 0 aliphatic rings. The number of carbonyl (C=O) groups is 1. The molecule has 19 heavy (non-hydrogen) atoms. The van der Waals surface area contributed by atoms with Crippen LogP contribution < -0.4 is 5.32 Å². The van der Waals surface area contributed by atoms with Gasteiger partial charge in [0.1, 0.15) is 11.6 Å². The van der Waals surface area contributed by atoms with Crippen molar-refractivity contribution in [1.82, 2.24) is 0 Å². The third-order valence-corrected chi connectivity index (χ3v) is 2.59. The fraction of sp³-hybridized carbons (Fsp3) is 0.0714. The normalized spacial score (nSPS) is 11.8. The van der Waals surface area contributed by atoms with Crippen molar-refractivity contribution in [3.05, 3.63) is 59.9 Å². The quantitative estimate of drug-likeness (QED) is 0.791. The van der Waals surface area contributed by atoms with E-state index in [4.69, 9.17) is 0 Å². The van der Waals surface area contributed by atoms with Gasteiger partial charge in [-0.3, -0.25) is 0 Å². The molecule has 3 N–H and O–H groups in total. The SMILES string of the molecule is O=C(O)C(Nc1cccc(F)c1)c1cccc(O)c1. The highest BCUT2D eigenvalue weighted by Crippen LogP contribution is 2.23. The fourth-order valence-corrected chi connectivity index (χ4v) is 1.74. The van der Waals surface area contributed by atoms with Crippen LogP contribution in [0.5, 0.6) is 5.75 Å². The molecule has 0 spiro atoms. The summed E-state index contributed by atoms with van der Waals surface area (Å²) in [5, 5.41) is 21.3. The second kappa shape index (κ2) is 5.39. The van der Waals surface area contributed by atoms with E-state index in [2.05, 4.69) is 5.32 Å². The molecule has 1 unspecified atom stereocenters. The van der Waals surface area contributed by atoms with Crippen molar-refractivity contribution in [2.24, 2.45) is 0 Å². The van der Waals surface area contributed by atoms with Gasteiger partial charge in [0, 0.05) is 5.69 Å². The van der Waals surface area contributed by atoms with E-state index in [1.807, 2.05) is 0 Å². The predicted octanol–water partition coefficient (Wildman–Crippen LogP) is 2.77. The molecule has 2 aromatic rings. The number of rotatable bonds is 4. The molecule has 98 valence electrons. The van der Waals surface area contributed by atoms with Crippen molar-refractivity contribution in [3.63, 3.8) is 0 Å². The second-order valence-corrected chi connectivity index (χ2v) is 4.02. The average Bonchev–Trinajstić information content (AvgIpc) is 2.35. The number of halogens is 1. The number of aromatic hydroxyl groups is 1. The molecule has 0 saturated heterocycles. The summed E-state index contributed by atoms with van der Waals surface area (Å²) >= 11 is 0. The van der Waals surface area contributed by atoms with Gasteiger partial charge in [-0.1, -0.05) is 18.2 Å². The maximum atomic E-state index is 13.1. The molecule has 0 radical (unpaired) electrons. The van der Waals surface area contributed by atoms with Gasteiger partial charge in [-0.25, -0.2) is 9.18 Å². The van der Waals surface area contributed by atoms with Crippen molar-refractivity contribution in [3.8, 4) is 5.75 Å². The number of nitrogens with one attached hydrogen (secondary N) is 1. The molecular formula is C14H12FNO3. The third-order valence-electron chi connectivity index (χ3n) is 2.59. The van der Waals surface area contributed by atoms with Gasteiger partial charge >= 0.3 is 5.97 Å². The molecule has 4 nitrogen and oxygen atoms in total. The number of carboxylic acids is 1. The maximum absolute atomic E-state index is 13.1. The molecule has 0 aromatic heterocycles. The molecule has 0 heterocycles. The van der Waals surface area contributed by atoms with E-state index >= 15 is 0 Å². The Bertz CT molecular complexity index is 601. The standard InChI is InChI=1S/C14H12FNO3/c15-10-4-2-5-11(8-10)16-13(14(18)19)9-3-1-6-12(17)7-9/h1-8,13,16-17H,(H,18,19). The van der Waals surface area contributed by atoms with Crippen molar-refractivity contribution >= 4 is 11.7 Å². The van der Waals surface area contributed by atoms with Crippen LogP contribution in [0.25, 0.3) is 0 Å². The Hall–Kier alpha value is -2.56. The van der Waals surface area contributed by atoms with Crippen LogP contribution in [0, 0.1) is 5.82 Å². The fourth-order valence-electron chi connectivity index (χ4n) is 1.74. The number of carboxylic acid groups (broad SMARTS) is 1. The largest absolute Gasteiger partial charge is 0.508 e. The number of benzene rings is 2. The number of hydrogen-bond acceptors (Lipinski definition) is 3. The minimum absolute atomic E-state index is 0.0233. The molecule has 0 aliphatic heterocycles. The number of anilines is 1. The molecular weight excluding hydrogens is 249 g/mol. The zero-order valence-corrected chi connectivity index (χ0v) is 9.88. The molecule has 0 fully saturated rings. The van der Waals surface area contributed by atoms with Crippen LogP contribution in [0.4, 0.5) is 10.1 Å². The number of aliphatic carboxylic acids is 1. The Balaban J connectivity index is 2.29. The lowest BCUT2D eigenvalue weighted by molar-refractivity contribution is -0.138. The molecule has 0 saturated carbocycles. The Morgan fingerprint density at radius 1 is 1.16 bits per heavy atom. The Morgan fingerprint density at radius 2 is 1.89 bits per heavy atom. The lowest BCUT2D eigenvalue weighted by Gasteiger charge is -2.16. The Labute approximate surface area is 109 Å². The first-order valence-corrected chi connectivity index (χ1v) is 5.60. The third kappa shape index (κ3) is 3.22. The minimum atomic E-state index is -1.12. The summed E-state index contributed by atoms with van der Waals surface area (Å²) in [5.74, 6) is -1.59. The highest BCUT2D eigenvalue weighted by molar-refractivity contribution is 5.79. The van der Waals surface area contributed by atoms with E-state index in [9.17, 15) is 19.4 Å². The van der Waals surface area contributed by atoms with Crippen LogP contribution in [0.15, 0.2) is 48.5 Å². The molecule has 5 heteroatoms. The highest BCUT2D eigenvalue weighted by Gasteiger charge is 2.20. The molecule has 2 rings (SSSR count). The minimum Gasteiger partial charge on any atom is -0.508 e. The summed E-state index contributed by atoms with van der Waals surface area (Å²) in [7, 11) is 0. The first-order chi connectivity index (χ1) is 9.06. The summed E-state index contributed by atoms with van der Waals surface area (Å²) in [4.78, 5) is 11.3. The zero-order valence-electron chi connectivity index (χ0n) is 9.88. The van der Waals surface area contributed by atoms with Crippen molar-refractivity contribution < 1.29 is 19.4 Å². The van der Waals surface area contributed by atoms with Crippen molar-refractivity contribution in [2.75, 3.05) is 5.32 Å². The molecule has 1 atom stereocenters. The van der Waals surface area contributed by atoms with Crippen LogP contribution in [0.1, 0.15) is 11.6 Å². The van der Waals surface area contributed by atoms with E-state index in [0.717, 1.165) is 0 Å². The van der Waals surface area contributed by atoms with Crippen LogP contribution in [-0.2, 0) is 4.79 Å². The topological polar surface area (TPSA) is 69.6 Å². The summed E-state index contributed by atoms with van der Waals surface area (Å²) < 4.78 is 13.1. The number of hydrogen-bond donors (Lipinski definition) is 3. The van der Waals surface area contributed by atoms with Crippen molar-refractivity contribution in [1.29, 1.82) is 0 Å². The van der Waals surface area contributed by atoms with Gasteiger partial charge < -0.3 is 15.5 Å². The summed E-state index contributed by atoms with van der Waals surface area (Å²) in [6.45, 7) is 0. The molecule has 0 aliphatic carbocycles. The monoisotopic (exact) mass is 261 g/mol. The summed E-state index contributed by atoms with van der Waals surface area (Å²) in [5.41, 5.74) is 0.743. The van der Waals surface area contributed by atoms with Crippen LogP contribution >= 0.6 is 0 Å². The zero-order chi connectivity index (χ0) is 13.8. The number of phenolic OH excluding ortho intramolecular Hbond substituents is 1. The molecule has 0 amide bonds. The van der Waals surface area contributed by atoms with Gasteiger partial charge in [-0.05, 0) is 35.9 Å². The predicted molar refractivity (Wildman–Crippen MR) is 68.5 cm³/mol. The summed E-state index contributed by atoms with van der Waals surface area (Å²) in [6.07, 6.45) is 0. The van der Waals surface area contributed by atoms with Gasteiger partial charge in [-0.15, -0.1) is 0 Å².